The average Bonchev–Trinajstić information content (AvgIpc) is 3.11. The molecule has 0 spiro atoms. The molecule has 0 amide bonds. The first-order chi connectivity index (χ1) is 13.0. The summed E-state index contributed by atoms with van der Waals surface area (Å²) in [5.74, 6) is -1.11. The van der Waals surface area contributed by atoms with Gasteiger partial charge >= 0.3 is 5.97 Å². The maximum atomic E-state index is 12.7. The highest BCUT2D eigenvalue weighted by Gasteiger charge is 2.13. The van der Waals surface area contributed by atoms with Crippen LogP contribution in [0.15, 0.2) is 66.9 Å². The molecule has 1 heterocycles. The molecule has 0 unspecified atom stereocenters. The van der Waals surface area contributed by atoms with Crippen LogP contribution >= 0.6 is 11.6 Å². The number of benzene rings is 2. The Morgan fingerprint density at radius 2 is 1.81 bits per heavy atom. The Kier molecular flexibility index (Phi) is 5.57. The molecule has 3 rings (SSSR count). The predicted octanol–water partition coefficient (Wildman–Crippen LogP) is 5.09. The van der Waals surface area contributed by atoms with Crippen LogP contribution in [0.5, 0.6) is 0 Å². The van der Waals surface area contributed by atoms with Crippen LogP contribution in [0.2, 0.25) is 5.02 Å². The number of aromatic nitrogens is 1. The number of carboxylic acid groups (broad SMARTS) is 1. The third-order valence-electron chi connectivity index (χ3n) is 4.23. The number of rotatable bonds is 6. The molecule has 0 bridgehead atoms. The zero-order valence-corrected chi connectivity index (χ0v) is 15.5. The number of aryl methyl sites for hydroxylation is 1. The molecule has 136 valence electrons. The molecule has 1 N–H and O–H groups in total. The Morgan fingerprint density at radius 1 is 1.07 bits per heavy atom. The fraction of sp³-hybridized carbons (Fsp3) is 0.0909. The van der Waals surface area contributed by atoms with Crippen molar-refractivity contribution in [3.8, 4) is 0 Å². The van der Waals surface area contributed by atoms with Gasteiger partial charge in [0.15, 0.2) is 0 Å². The van der Waals surface area contributed by atoms with Gasteiger partial charge in [0.05, 0.1) is 16.3 Å². The van der Waals surface area contributed by atoms with E-state index in [2.05, 4.69) is 0 Å². The maximum Gasteiger partial charge on any atom is 0.337 e. The lowest BCUT2D eigenvalue weighted by Crippen LogP contribution is -2.09. The van der Waals surface area contributed by atoms with Gasteiger partial charge in [0.2, 0.25) is 5.78 Å². The van der Waals surface area contributed by atoms with Crippen LogP contribution in [0.1, 0.15) is 37.5 Å². The second-order valence-corrected chi connectivity index (χ2v) is 6.54. The van der Waals surface area contributed by atoms with E-state index < -0.39 is 5.97 Å². The second kappa shape index (κ2) is 8.06. The van der Waals surface area contributed by atoms with Crippen LogP contribution in [-0.4, -0.2) is 21.4 Å². The van der Waals surface area contributed by atoms with Crippen molar-refractivity contribution in [2.75, 3.05) is 0 Å². The quantitative estimate of drug-likeness (QED) is 0.606. The first-order valence-electron chi connectivity index (χ1n) is 8.42. The average molecular weight is 380 g/mol. The van der Waals surface area contributed by atoms with Gasteiger partial charge < -0.3 is 9.67 Å². The van der Waals surface area contributed by atoms with Crippen molar-refractivity contribution in [2.24, 2.45) is 0 Å². The molecule has 5 heteroatoms. The van der Waals surface area contributed by atoms with Gasteiger partial charge in [-0.2, -0.15) is 0 Å². The standard InChI is InChI=1S/C22H18ClNO3/c1-15-9-11-17(12-10-15)21(25)19-8-4-14-24(19)13-3-6-16-5-2-7-18(20(16)23)22(26)27/h2-12,14H,13H2,1H3,(H,26,27)/b6-3+. The SMILES string of the molecule is Cc1ccc(C(=O)c2cccn2C/C=C/c2cccc(C(=O)O)c2Cl)cc1. The van der Waals surface area contributed by atoms with E-state index >= 15 is 0 Å². The van der Waals surface area contributed by atoms with E-state index in [0.717, 1.165) is 5.56 Å². The summed E-state index contributed by atoms with van der Waals surface area (Å²) >= 11 is 6.15. The molecule has 0 saturated heterocycles. The smallest absolute Gasteiger partial charge is 0.337 e. The summed E-state index contributed by atoms with van der Waals surface area (Å²) in [6.07, 6.45) is 5.44. The summed E-state index contributed by atoms with van der Waals surface area (Å²) in [6, 6.07) is 15.9. The molecule has 0 radical (unpaired) electrons. The van der Waals surface area contributed by atoms with Crippen LogP contribution in [0.25, 0.3) is 6.08 Å². The summed E-state index contributed by atoms with van der Waals surface area (Å²) in [5.41, 5.74) is 3.02. The fourth-order valence-electron chi connectivity index (χ4n) is 2.77. The number of aromatic carboxylic acids is 1. The second-order valence-electron chi connectivity index (χ2n) is 6.16. The molecule has 0 fully saturated rings. The number of hydrogen-bond donors (Lipinski definition) is 1. The molecule has 0 aliphatic carbocycles. The lowest BCUT2D eigenvalue weighted by molar-refractivity contribution is 0.0697. The van der Waals surface area contributed by atoms with Crippen molar-refractivity contribution >= 4 is 29.4 Å². The van der Waals surface area contributed by atoms with Crippen LogP contribution in [0, 0.1) is 6.92 Å². The van der Waals surface area contributed by atoms with Crippen molar-refractivity contribution in [3.63, 3.8) is 0 Å². The highest BCUT2D eigenvalue weighted by Crippen LogP contribution is 2.22. The van der Waals surface area contributed by atoms with Crippen molar-refractivity contribution in [2.45, 2.75) is 13.5 Å². The molecular formula is C22H18ClNO3. The number of nitrogens with zero attached hydrogens (tertiary/aromatic N) is 1. The van der Waals surface area contributed by atoms with E-state index in [1.165, 1.54) is 6.07 Å². The molecular weight excluding hydrogens is 362 g/mol. The number of allylic oxidation sites excluding steroid dienone is 1. The lowest BCUT2D eigenvalue weighted by Gasteiger charge is -2.07. The number of hydrogen-bond acceptors (Lipinski definition) is 2. The predicted molar refractivity (Wildman–Crippen MR) is 106 cm³/mol. The van der Waals surface area contributed by atoms with E-state index in [4.69, 9.17) is 16.7 Å². The molecule has 0 atom stereocenters. The Balaban J connectivity index is 1.79. The minimum Gasteiger partial charge on any atom is -0.478 e. The zero-order valence-electron chi connectivity index (χ0n) is 14.7. The third kappa shape index (κ3) is 4.18. The van der Waals surface area contributed by atoms with Crippen LogP contribution < -0.4 is 0 Å². The number of ketones is 1. The van der Waals surface area contributed by atoms with E-state index in [0.29, 0.717) is 23.4 Å². The first kappa shape index (κ1) is 18.7. The van der Waals surface area contributed by atoms with Gasteiger partial charge in [0.1, 0.15) is 0 Å². The molecule has 1 aromatic heterocycles. The van der Waals surface area contributed by atoms with Crippen LogP contribution in [0.3, 0.4) is 0 Å². The molecule has 2 aromatic carbocycles. The van der Waals surface area contributed by atoms with Gasteiger partial charge in [-0.3, -0.25) is 4.79 Å². The number of carboxylic acids is 1. The van der Waals surface area contributed by atoms with Crippen molar-refractivity contribution in [1.29, 1.82) is 0 Å². The number of carbonyl (C=O) groups excluding carboxylic acids is 1. The molecule has 4 nitrogen and oxygen atoms in total. The highest BCUT2D eigenvalue weighted by atomic mass is 35.5. The minimum atomic E-state index is -1.06. The van der Waals surface area contributed by atoms with Crippen molar-refractivity contribution < 1.29 is 14.7 Å². The Bertz CT molecular complexity index is 1020. The largest absolute Gasteiger partial charge is 0.478 e. The van der Waals surface area contributed by atoms with E-state index in [1.807, 2.05) is 54.1 Å². The maximum absolute atomic E-state index is 12.7. The normalized spacial score (nSPS) is 11.0. The molecule has 0 saturated carbocycles. The van der Waals surface area contributed by atoms with Crippen LogP contribution in [0.4, 0.5) is 0 Å². The molecule has 3 aromatic rings. The Labute approximate surface area is 162 Å². The molecule has 0 aliphatic rings. The Morgan fingerprint density at radius 3 is 2.52 bits per heavy atom. The summed E-state index contributed by atoms with van der Waals surface area (Å²) in [5, 5.41) is 9.34. The van der Waals surface area contributed by atoms with Crippen molar-refractivity contribution in [3.05, 3.63) is 99.8 Å². The monoisotopic (exact) mass is 379 g/mol. The van der Waals surface area contributed by atoms with Crippen molar-refractivity contribution in [1.82, 2.24) is 4.57 Å². The topological polar surface area (TPSA) is 59.3 Å². The van der Waals surface area contributed by atoms with Gasteiger partial charge in [0, 0.05) is 18.3 Å². The van der Waals surface area contributed by atoms with Gasteiger partial charge in [-0.15, -0.1) is 0 Å². The third-order valence-corrected chi connectivity index (χ3v) is 4.66. The van der Waals surface area contributed by atoms with E-state index in [9.17, 15) is 9.59 Å². The summed E-state index contributed by atoms with van der Waals surface area (Å²) < 4.78 is 1.84. The summed E-state index contributed by atoms with van der Waals surface area (Å²) in [7, 11) is 0. The van der Waals surface area contributed by atoms with Gasteiger partial charge in [-0.1, -0.05) is 65.7 Å². The summed E-state index contributed by atoms with van der Waals surface area (Å²) in [4.78, 5) is 23.9. The molecule has 27 heavy (non-hydrogen) atoms. The number of halogens is 1. The number of carbonyl (C=O) groups is 2. The molecule has 0 aliphatic heterocycles. The Hall–Kier alpha value is -3.11. The zero-order chi connectivity index (χ0) is 19.4. The van der Waals surface area contributed by atoms with E-state index in [1.54, 1.807) is 24.3 Å². The highest BCUT2D eigenvalue weighted by molar-refractivity contribution is 6.35. The van der Waals surface area contributed by atoms with Gasteiger partial charge in [-0.05, 0) is 30.7 Å². The van der Waals surface area contributed by atoms with Gasteiger partial charge in [0.25, 0.3) is 0 Å². The summed E-state index contributed by atoms with van der Waals surface area (Å²) in [6.45, 7) is 2.44. The minimum absolute atomic E-state index is 0.0423. The lowest BCUT2D eigenvalue weighted by atomic mass is 10.1. The van der Waals surface area contributed by atoms with Crippen LogP contribution in [-0.2, 0) is 6.54 Å². The fourth-order valence-corrected chi connectivity index (χ4v) is 3.04. The van der Waals surface area contributed by atoms with Gasteiger partial charge in [-0.25, -0.2) is 4.79 Å². The first-order valence-corrected chi connectivity index (χ1v) is 8.80. The van der Waals surface area contributed by atoms with E-state index in [-0.39, 0.29) is 16.4 Å².